The molecule has 0 saturated heterocycles. The molecule has 1 aromatic rings. The van der Waals surface area contributed by atoms with Gasteiger partial charge in [-0.15, -0.1) is 0 Å². The van der Waals surface area contributed by atoms with Crippen molar-refractivity contribution in [3.63, 3.8) is 0 Å². The zero-order valence-corrected chi connectivity index (χ0v) is 10.6. The van der Waals surface area contributed by atoms with Crippen LogP contribution in [0, 0.1) is 5.82 Å². The van der Waals surface area contributed by atoms with Crippen LogP contribution in [0.4, 0.5) is 4.39 Å². The number of benzene rings is 1. The van der Waals surface area contributed by atoms with Crippen molar-refractivity contribution in [3.05, 3.63) is 22.4 Å². The first-order valence-electron chi connectivity index (χ1n) is 4.83. The SMILES string of the molecule is CCOc1cc(F)cc(Br)c1OC(C)C. The molecule has 0 heterocycles. The normalized spacial score (nSPS) is 10.5. The lowest BCUT2D eigenvalue weighted by Gasteiger charge is -2.15. The van der Waals surface area contributed by atoms with Crippen LogP contribution in [-0.4, -0.2) is 12.7 Å². The third-order valence-corrected chi connectivity index (χ3v) is 2.22. The van der Waals surface area contributed by atoms with E-state index in [9.17, 15) is 4.39 Å². The van der Waals surface area contributed by atoms with Crippen LogP contribution in [0.1, 0.15) is 20.8 Å². The van der Waals surface area contributed by atoms with Crippen molar-refractivity contribution < 1.29 is 13.9 Å². The van der Waals surface area contributed by atoms with E-state index >= 15 is 0 Å². The largest absolute Gasteiger partial charge is 0.490 e. The van der Waals surface area contributed by atoms with E-state index in [4.69, 9.17) is 9.47 Å². The highest BCUT2D eigenvalue weighted by molar-refractivity contribution is 9.10. The Morgan fingerprint density at radius 3 is 2.60 bits per heavy atom. The van der Waals surface area contributed by atoms with Gasteiger partial charge in [0.25, 0.3) is 0 Å². The van der Waals surface area contributed by atoms with Gasteiger partial charge in [-0.1, -0.05) is 0 Å². The summed E-state index contributed by atoms with van der Waals surface area (Å²) in [7, 11) is 0. The van der Waals surface area contributed by atoms with Crippen molar-refractivity contribution in [2.75, 3.05) is 6.61 Å². The highest BCUT2D eigenvalue weighted by atomic mass is 79.9. The Balaban J connectivity index is 3.08. The van der Waals surface area contributed by atoms with Crippen LogP contribution in [0.2, 0.25) is 0 Å². The molecule has 1 aromatic carbocycles. The summed E-state index contributed by atoms with van der Waals surface area (Å²) in [6, 6.07) is 2.69. The van der Waals surface area contributed by atoms with Gasteiger partial charge < -0.3 is 9.47 Å². The van der Waals surface area contributed by atoms with Crippen LogP contribution in [0.5, 0.6) is 11.5 Å². The summed E-state index contributed by atoms with van der Waals surface area (Å²) in [5.41, 5.74) is 0. The van der Waals surface area contributed by atoms with E-state index in [1.807, 2.05) is 20.8 Å². The van der Waals surface area contributed by atoms with E-state index in [-0.39, 0.29) is 11.9 Å². The second-order valence-electron chi connectivity index (χ2n) is 3.31. The monoisotopic (exact) mass is 276 g/mol. The van der Waals surface area contributed by atoms with Crippen LogP contribution >= 0.6 is 15.9 Å². The number of hydrogen-bond acceptors (Lipinski definition) is 2. The van der Waals surface area contributed by atoms with Crippen LogP contribution in [-0.2, 0) is 0 Å². The van der Waals surface area contributed by atoms with Crippen molar-refractivity contribution in [1.82, 2.24) is 0 Å². The van der Waals surface area contributed by atoms with E-state index < -0.39 is 0 Å². The molecule has 0 amide bonds. The van der Waals surface area contributed by atoms with Crippen molar-refractivity contribution in [3.8, 4) is 11.5 Å². The minimum atomic E-state index is -0.346. The topological polar surface area (TPSA) is 18.5 Å². The zero-order chi connectivity index (χ0) is 11.4. The molecule has 0 atom stereocenters. The standard InChI is InChI=1S/C11H14BrFO2/c1-4-14-10-6-8(13)5-9(12)11(10)15-7(2)3/h5-7H,4H2,1-3H3. The molecule has 0 spiro atoms. The van der Waals surface area contributed by atoms with Crippen molar-refractivity contribution in [1.29, 1.82) is 0 Å². The van der Waals surface area contributed by atoms with Gasteiger partial charge in [0.15, 0.2) is 11.5 Å². The first-order valence-corrected chi connectivity index (χ1v) is 5.62. The molecular formula is C11H14BrFO2. The minimum Gasteiger partial charge on any atom is -0.490 e. The maximum absolute atomic E-state index is 13.1. The lowest BCUT2D eigenvalue weighted by atomic mass is 10.3. The number of ether oxygens (including phenoxy) is 2. The molecule has 0 N–H and O–H groups in total. The molecule has 84 valence electrons. The van der Waals surface area contributed by atoms with Gasteiger partial charge >= 0.3 is 0 Å². The van der Waals surface area contributed by atoms with E-state index in [0.29, 0.717) is 22.6 Å². The third kappa shape index (κ3) is 3.38. The average Bonchev–Trinajstić information content (AvgIpc) is 2.11. The molecule has 0 bridgehead atoms. The van der Waals surface area contributed by atoms with Crippen molar-refractivity contribution in [2.45, 2.75) is 26.9 Å². The van der Waals surface area contributed by atoms with E-state index in [1.54, 1.807) is 0 Å². The summed E-state index contributed by atoms with van der Waals surface area (Å²) >= 11 is 3.25. The van der Waals surface area contributed by atoms with Crippen LogP contribution in [0.15, 0.2) is 16.6 Å². The molecule has 0 saturated carbocycles. The molecule has 0 aromatic heterocycles. The summed E-state index contributed by atoms with van der Waals surface area (Å²) in [6.07, 6.45) is 0.0194. The van der Waals surface area contributed by atoms with Gasteiger partial charge in [-0.25, -0.2) is 4.39 Å². The Labute approximate surface area is 97.5 Å². The van der Waals surface area contributed by atoms with Gasteiger partial charge in [0.2, 0.25) is 0 Å². The maximum atomic E-state index is 13.1. The second kappa shape index (κ2) is 5.35. The highest BCUT2D eigenvalue weighted by Crippen LogP contribution is 2.37. The molecule has 0 radical (unpaired) electrons. The Morgan fingerprint density at radius 1 is 1.40 bits per heavy atom. The molecule has 4 heteroatoms. The summed E-state index contributed by atoms with van der Waals surface area (Å²) in [5, 5.41) is 0. The fraction of sp³-hybridized carbons (Fsp3) is 0.455. The average molecular weight is 277 g/mol. The van der Waals surface area contributed by atoms with Gasteiger partial charge in [-0.2, -0.15) is 0 Å². The Kier molecular flexibility index (Phi) is 4.39. The highest BCUT2D eigenvalue weighted by Gasteiger charge is 2.13. The second-order valence-corrected chi connectivity index (χ2v) is 4.17. The van der Waals surface area contributed by atoms with Gasteiger partial charge in [0, 0.05) is 6.07 Å². The molecule has 0 aliphatic rings. The lowest BCUT2D eigenvalue weighted by molar-refractivity contribution is 0.221. The molecule has 2 nitrogen and oxygen atoms in total. The molecule has 0 fully saturated rings. The summed E-state index contributed by atoms with van der Waals surface area (Å²) in [6.45, 7) is 6.14. The van der Waals surface area contributed by atoms with Crippen LogP contribution in [0.3, 0.4) is 0 Å². The Bertz CT molecular complexity index is 340. The van der Waals surface area contributed by atoms with Crippen LogP contribution < -0.4 is 9.47 Å². The molecule has 0 unspecified atom stereocenters. The zero-order valence-electron chi connectivity index (χ0n) is 9.01. The molecule has 0 aliphatic carbocycles. The number of hydrogen-bond donors (Lipinski definition) is 0. The van der Waals surface area contributed by atoms with E-state index in [2.05, 4.69) is 15.9 Å². The third-order valence-electron chi connectivity index (χ3n) is 1.63. The summed E-state index contributed by atoms with van der Waals surface area (Å²) in [5.74, 6) is 0.632. The fourth-order valence-electron chi connectivity index (χ4n) is 1.15. The predicted molar refractivity (Wildman–Crippen MR) is 61.0 cm³/mol. The molecule has 15 heavy (non-hydrogen) atoms. The smallest absolute Gasteiger partial charge is 0.175 e. The minimum absolute atomic E-state index is 0.0194. The first kappa shape index (κ1) is 12.3. The number of halogens is 2. The van der Waals surface area contributed by atoms with Gasteiger partial charge in [-0.3, -0.25) is 0 Å². The van der Waals surface area contributed by atoms with Crippen molar-refractivity contribution >= 4 is 15.9 Å². The molecular weight excluding hydrogens is 263 g/mol. The molecule has 1 rings (SSSR count). The van der Waals surface area contributed by atoms with Gasteiger partial charge in [0.05, 0.1) is 17.2 Å². The Morgan fingerprint density at radius 2 is 2.07 bits per heavy atom. The van der Waals surface area contributed by atoms with Crippen LogP contribution in [0.25, 0.3) is 0 Å². The molecule has 0 aliphatic heterocycles. The lowest BCUT2D eigenvalue weighted by Crippen LogP contribution is -2.08. The van der Waals surface area contributed by atoms with Gasteiger partial charge in [-0.05, 0) is 42.8 Å². The van der Waals surface area contributed by atoms with E-state index in [1.165, 1.54) is 12.1 Å². The van der Waals surface area contributed by atoms with Crippen molar-refractivity contribution in [2.24, 2.45) is 0 Å². The summed E-state index contributed by atoms with van der Waals surface area (Å²) in [4.78, 5) is 0. The van der Waals surface area contributed by atoms with E-state index in [0.717, 1.165) is 0 Å². The summed E-state index contributed by atoms with van der Waals surface area (Å²) < 4.78 is 24.5. The first-order chi connectivity index (χ1) is 7.04. The maximum Gasteiger partial charge on any atom is 0.175 e. The number of rotatable bonds is 4. The van der Waals surface area contributed by atoms with Gasteiger partial charge in [0.1, 0.15) is 5.82 Å². The predicted octanol–water partition coefficient (Wildman–Crippen LogP) is 3.77. The fourth-order valence-corrected chi connectivity index (χ4v) is 1.66. The Hall–Kier alpha value is -0.770. The quantitative estimate of drug-likeness (QED) is 0.834.